The number of rotatable bonds is 6. The highest BCUT2D eigenvalue weighted by Crippen LogP contribution is 2.24. The standard InChI is InChI=1S/C12H14N4O3S/c1-2-3-4-15(17)7-10-6-13-12(14-10)9-5-11(16(18)19)20-8-9/h5-8,17H,2-4H2,1H3/b10-7+. The summed E-state index contributed by atoms with van der Waals surface area (Å²) >= 11 is 1.04. The minimum Gasteiger partial charge on any atom is -0.289 e. The number of nitrogens with zero attached hydrogens (tertiary/aromatic N) is 4. The van der Waals surface area contributed by atoms with E-state index in [1.807, 2.05) is 6.92 Å². The van der Waals surface area contributed by atoms with E-state index in [0.29, 0.717) is 23.6 Å². The summed E-state index contributed by atoms with van der Waals surface area (Å²) in [6.07, 6.45) is 4.88. The van der Waals surface area contributed by atoms with Crippen LogP contribution in [0.25, 0.3) is 0 Å². The second-order valence-electron chi connectivity index (χ2n) is 4.19. The quantitative estimate of drug-likeness (QED) is 0.645. The minimum atomic E-state index is -0.440. The van der Waals surface area contributed by atoms with Gasteiger partial charge in [0, 0.05) is 23.6 Å². The van der Waals surface area contributed by atoms with Crippen molar-refractivity contribution >= 4 is 28.4 Å². The molecule has 1 N–H and O–H groups in total. The first-order valence-electron chi connectivity index (χ1n) is 6.13. The fourth-order valence-electron chi connectivity index (χ4n) is 1.58. The van der Waals surface area contributed by atoms with Crippen molar-refractivity contribution < 1.29 is 10.1 Å². The molecule has 20 heavy (non-hydrogen) atoms. The zero-order valence-corrected chi connectivity index (χ0v) is 11.7. The number of nitro groups is 1. The molecule has 0 spiro atoms. The molecule has 2 heterocycles. The molecule has 0 saturated heterocycles. The molecule has 0 atom stereocenters. The average Bonchev–Trinajstić information content (AvgIpc) is 3.04. The second kappa shape index (κ2) is 6.40. The van der Waals surface area contributed by atoms with Crippen molar-refractivity contribution in [2.24, 2.45) is 9.98 Å². The lowest BCUT2D eigenvalue weighted by molar-refractivity contribution is -0.380. The van der Waals surface area contributed by atoms with E-state index in [9.17, 15) is 15.3 Å². The molecule has 106 valence electrons. The smallest absolute Gasteiger partial charge is 0.289 e. The normalized spacial score (nSPS) is 15.7. The van der Waals surface area contributed by atoms with Crippen molar-refractivity contribution in [1.29, 1.82) is 0 Å². The minimum absolute atomic E-state index is 0.0575. The van der Waals surface area contributed by atoms with Crippen LogP contribution in [0, 0.1) is 10.1 Å². The van der Waals surface area contributed by atoms with Gasteiger partial charge in [0.2, 0.25) is 0 Å². The van der Waals surface area contributed by atoms with Crippen LogP contribution in [0.15, 0.2) is 33.3 Å². The number of amidine groups is 1. The maximum absolute atomic E-state index is 10.6. The molecule has 1 aliphatic rings. The predicted octanol–water partition coefficient (Wildman–Crippen LogP) is 2.82. The number of hydrogen-bond donors (Lipinski definition) is 1. The van der Waals surface area contributed by atoms with Gasteiger partial charge in [-0.2, -0.15) is 0 Å². The summed E-state index contributed by atoms with van der Waals surface area (Å²) in [5, 5.41) is 23.0. The molecule has 0 radical (unpaired) electrons. The fraction of sp³-hybridized carbons (Fsp3) is 0.333. The summed E-state index contributed by atoms with van der Waals surface area (Å²) in [6.45, 7) is 2.57. The average molecular weight is 294 g/mol. The van der Waals surface area contributed by atoms with Gasteiger partial charge < -0.3 is 0 Å². The number of thiophene rings is 1. The Morgan fingerprint density at radius 1 is 1.60 bits per heavy atom. The lowest BCUT2D eigenvalue weighted by atomic mass is 10.3. The van der Waals surface area contributed by atoms with Crippen molar-refractivity contribution in [1.82, 2.24) is 5.06 Å². The molecular formula is C12H14N4O3S. The van der Waals surface area contributed by atoms with Gasteiger partial charge in [0.1, 0.15) is 5.70 Å². The van der Waals surface area contributed by atoms with E-state index in [1.165, 1.54) is 18.5 Å². The van der Waals surface area contributed by atoms with Crippen molar-refractivity contribution in [3.05, 3.63) is 39.0 Å². The monoisotopic (exact) mass is 294 g/mol. The fourth-order valence-corrected chi connectivity index (χ4v) is 2.29. The SMILES string of the molecule is CCCCN(O)/C=C1\C=NC(c2csc([N+](=O)[O-])c2)=N1. The molecule has 0 amide bonds. The molecule has 0 aliphatic carbocycles. The van der Waals surface area contributed by atoms with Gasteiger partial charge in [0.15, 0.2) is 5.84 Å². The molecule has 0 saturated carbocycles. The summed E-state index contributed by atoms with van der Waals surface area (Å²) in [7, 11) is 0. The molecule has 2 rings (SSSR count). The zero-order chi connectivity index (χ0) is 14.5. The predicted molar refractivity (Wildman–Crippen MR) is 77.5 cm³/mol. The number of allylic oxidation sites excluding steroid dienone is 1. The van der Waals surface area contributed by atoms with Gasteiger partial charge in [0.25, 0.3) is 0 Å². The Kier molecular flexibility index (Phi) is 4.59. The van der Waals surface area contributed by atoms with Gasteiger partial charge in [-0.3, -0.25) is 20.4 Å². The third-order valence-corrected chi connectivity index (χ3v) is 3.48. The molecule has 1 aliphatic heterocycles. The van der Waals surface area contributed by atoms with E-state index in [-0.39, 0.29) is 5.00 Å². The van der Waals surface area contributed by atoms with Crippen LogP contribution in [0.4, 0.5) is 5.00 Å². The van der Waals surface area contributed by atoms with E-state index in [4.69, 9.17) is 0 Å². The Morgan fingerprint density at radius 2 is 2.40 bits per heavy atom. The van der Waals surface area contributed by atoms with Gasteiger partial charge in [-0.1, -0.05) is 24.7 Å². The molecular weight excluding hydrogens is 280 g/mol. The first kappa shape index (κ1) is 14.4. The third kappa shape index (κ3) is 3.49. The van der Waals surface area contributed by atoms with Gasteiger partial charge >= 0.3 is 5.00 Å². The molecule has 1 aromatic rings. The Hall–Kier alpha value is -2.06. The Morgan fingerprint density at radius 3 is 3.05 bits per heavy atom. The van der Waals surface area contributed by atoms with E-state index in [1.54, 1.807) is 5.38 Å². The second-order valence-corrected chi connectivity index (χ2v) is 5.08. The zero-order valence-electron chi connectivity index (χ0n) is 10.9. The molecule has 1 aromatic heterocycles. The van der Waals surface area contributed by atoms with Crippen molar-refractivity contribution in [3.8, 4) is 0 Å². The molecule has 8 heteroatoms. The highest BCUT2D eigenvalue weighted by atomic mass is 32.1. The highest BCUT2D eigenvalue weighted by Gasteiger charge is 2.16. The summed E-state index contributed by atoms with van der Waals surface area (Å²) in [4.78, 5) is 18.5. The first-order valence-corrected chi connectivity index (χ1v) is 7.01. The van der Waals surface area contributed by atoms with E-state index < -0.39 is 4.92 Å². The van der Waals surface area contributed by atoms with Crippen LogP contribution in [0.5, 0.6) is 0 Å². The Labute approximate surface area is 119 Å². The molecule has 0 bridgehead atoms. The third-order valence-electron chi connectivity index (χ3n) is 2.60. The van der Waals surface area contributed by atoms with Crippen LogP contribution in [-0.2, 0) is 0 Å². The van der Waals surface area contributed by atoms with Gasteiger partial charge in [-0.15, -0.1) is 0 Å². The highest BCUT2D eigenvalue weighted by molar-refractivity contribution is 7.13. The van der Waals surface area contributed by atoms with Gasteiger partial charge in [-0.25, -0.2) is 9.98 Å². The van der Waals surface area contributed by atoms with E-state index in [2.05, 4.69) is 9.98 Å². The van der Waals surface area contributed by atoms with Crippen molar-refractivity contribution in [2.75, 3.05) is 6.54 Å². The van der Waals surface area contributed by atoms with Crippen LogP contribution < -0.4 is 0 Å². The van der Waals surface area contributed by atoms with Crippen LogP contribution in [-0.4, -0.2) is 33.8 Å². The largest absolute Gasteiger partial charge is 0.324 e. The molecule has 0 fully saturated rings. The molecule has 7 nitrogen and oxygen atoms in total. The van der Waals surface area contributed by atoms with E-state index in [0.717, 1.165) is 29.2 Å². The molecule has 0 aromatic carbocycles. The topological polar surface area (TPSA) is 91.3 Å². The number of unbranched alkanes of at least 4 members (excludes halogenated alkanes) is 1. The van der Waals surface area contributed by atoms with Crippen molar-refractivity contribution in [2.45, 2.75) is 19.8 Å². The van der Waals surface area contributed by atoms with Gasteiger partial charge in [0.05, 0.1) is 17.3 Å². The maximum Gasteiger partial charge on any atom is 0.324 e. The van der Waals surface area contributed by atoms with Gasteiger partial charge in [-0.05, 0) is 6.42 Å². The van der Waals surface area contributed by atoms with Crippen LogP contribution in [0.1, 0.15) is 25.3 Å². The summed E-state index contributed by atoms with van der Waals surface area (Å²) in [6, 6.07) is 1.44. The summed E-state index contributed by atoms with van der Waals surface area (Å²) < 4.78 is 0. The Bertz CT molecular complexity index is 591. The van der Waals surface area contributed by atoms with Crippen LogP contribution >= 0.6 is 11.3 Å². The number of hydroxylamine groups is 2. The molecule has 0 unspecified atom stereocenters. The lowest BCUT2D eigenvalue weighted by Gasteiger charge is -2.10. The lowest BCUT2D eigenvalue weighted by Crippen LogP contribution is -2.13. The van der Waals surface area contributed by atoms with Crippen LogP contribution in [0.3, 0.4) is 0 Å². The number of aliphatic imine (C=N–C) groups is 2. The first-order chi connectivity index (χ1) is 9.60. The summed E-state index contributed by atoms with van der Waals surface area (Å²) in [5.41, 5.74) is 1.13. The van der Waals surface area contributed by atoms with Crippen molar-refractivity contribution in [3.63, 3.8) is 0 Å². The maximum atomic E-state index is 10.6. The number of hydrogen-bond acceptors (Lipinski definition) is 7. The summed E-state index contributed by atoms with van der Waals surface area (Å²) in [5.74, 6) is 0.421. The Balaban J connectivity index is 2.08. The van der Waals surface area contributed by atoms with Crippen LogP contribution in [0.2, 0.25) is 0 Å². The van der Waals surface area contributed by atoms with E-state index >= 15 is 0 Å².